The Morgan fingerprint density at radius 2 is 2.05 bits per heavy atom. The Bertz CT molecular complexity index is 541. The number of aromatic nitrogens is 1. The standard InChI is InChI=1S/C14H18F3N3O2/c1-9(21)22-11-3-5-20(6-4-11)13-12(18-2)7-10(8-19-13)14(15,16)17/h7-8,11,18H,3-6H2,1-2H3. The number of nitrogens with one attached hydrogen (secondary N) is 1. The van der Waals surface area contributed by atoms with E-state index in [1.165, 1.54) is 6.92 Å². The monoisotopic (exact) mass is 317 g/mol. The molecule has 1 aliphatic rings. The van der Waals surface area contributed by atoms with Crippen molar-refractivity contribution >= 4 is 17.5 Å². The van der Waals surface area contributed by atoms with Crippen LogP contribution in [-0.4, -0.2) is 37.2 Å². The van der Waals surface area contributed by atoms with Gasteiger partial charge in [0.05, 0.1) is 11.3 Å². The number of anilines is 2. The second-order valence-electron chi connectivity index (χ2n) is 5.14. The van der Waals surface area contributed by atoms with E-state index in [9.17, 15) is 18.0 Å². The molecule has 1 aromatic heterocycles. The van der Waals surface area contributed by atoms with Crippen LogP contribution in [0.15, 0.2) is 12.3 Å². The zero-order valence-electron chi connectivity index (χ0n) is 12.4. The van der Waals surface area contributed by atoms with Crippen molar-refractivity contribution in [1.82, 2.24) is 4.98 Å². The Hall–Kier alpha value is -1.99. The molecule has 0 amide bonds. The van der Waals surface area contributed by atoms with Crippen LogP contribution in [0.25, 0.3) is 0 Å². The highest BCUT2D eigenvalue weighted by atomic mass is 19.4. The van der Waals surface area contributed by atoms with Gasteiger partial charge in [0.1, 0.15) is 6.10 Å². The number of ether oxygens (including phenoxy) is 1. The molecular formula is C14H18F3N3O2. The highest BCUT2D eigenvalue weighted by molar-refractivity contribution is 5.67. The Morgan fingerprint density at radius 3 is 2.55 bits per heavy atom. The van der Waals surface area contributed by atoms with Crippen molar-refractivity contribution in [3.8, 4) is 0 Å². The molecule has 8 heteroatoms. The lowest BCUT2D eigenvalue weighted by Crippen LogP contribution is -2.38. The number of rotatable bonds is 3. The number of hydrogen-bond donors (Lipinski definition) is 1. The lowest BCUT2D eigenvalue weighted by molar-refractivity contribution is -0.147. The van der Waals surface area contributed by atoms with Crippen molar-refractivity contribution in [1.29, 1.82) is 0 Å². The smallest absolute Gasteiger partial charge is 0.417 e. The normalized spacial score (nSPS) is 16.5. The molecular weight excluding hydrogens is 299 g/mol. The molecule has 0 aliphatic carbocycles. The second-order valence-corrected chi connectivity index (χ2v) is 5.14. The third kappa shape index (κ3) is 3.80. The molecule has 0 unspecified atom stereocenters. The molecule has 0 atom stereocenters. The summed E-state index contributed by atoms with van der Waals surface area (Å²) in [7, 11) is 1.56. The largest absolute Gasteiger partial charge is 0.462 e. The van der Waals surface area contributed by atoms with Gasteiger partial charge in [0, 0.05) is 46.1 Å². The molecule has 0 spiro atoms. The average molecular weight is 317 g/mol. The Morgan fingerprint density at radius 1 is 1.41 bits per heavy atom. The van der Waals surface area contributed by atoms with Crippen LogP contribution in [0, 0.1) is 0 Å². The number of carbonyl (C=O) groups excluding carboxylic acids is 1. The van der Waals surface area contributed by atoms with Gasteiger partial charge in [0.2, 0.25) is 0 Å². The van der Waals surface area contributed by atoms with Crippen LogP contribution < -0.4 is 10.2 Å². The van der Waals surface area contributed by atoms with Gasteiger partial charge in [-0.25, -0.2) is 4.98 Å². The Balaban J connectivity index is 2.12. The van der Waals surface area contributed by atoms with Crippen LogP contribution in [0.3, 0.4) is 0 Å². The van der Waals surface area contributed by atoms with Crippen LogP contribution in [0.2, 0.25) is 0 Å². The lowest BCUT2D eigenvalue weighted by atomic mass is 10.1. The number of alkyl halides is 3. The van der Waals surface area contributed by atoms with Gasteiger partial charge in [-0.1, -0.05) is 0 Å². The topological polar surface area (TPSA) is 54.5 Å². The fourth-order valence-electron chi connectivity index (χ4n) is 2.47. The maximum absolute atomic E-state index is 12.7. The molecule has 5 nitrogen and oxygen atoms in total. The molecule has 2 heterocycles. The third-order valence-electron chi connectivity index (χ3n) is 3.54. The van der Waals surface area contributed by atoms with E-state index in [2.05, 4.69) is 10.3 Å². The van der Waals surface area contributed by atoms with E-state index in [-0.39, 0.29) is 12.1 Å². The van der Waals surface area contributed by atoms with Crippen LogP contribution in [0.4, 0.5) is 24.7 Å². The highest BCUT2D eigenvalue weighted by Gasteiger charge is 2.32. The van der Waals surface area contributed by atoms with Crippen molar-refractivity contribution < 1.29 is 22.7 Å². The van der Waals surface area contributed by atoms with E-state index in [4.69, 9.17) is 4.74 Å². The van der Waals surface area contributed by atoms with E-state index in [0.29, 0.717) is 37.4 Å². The van der Waals surface area contributed by atoms with Crippen molar-refractivity contribution in [3.63, 3.8) is 0 Å². The molecule has 1 aliphatic heterocycles. The lowest BCUT2D eigenvalue weighted by Gasteiger charge is -2.33. The second kappa shape index (κ2) is 6.41. The molecule has 0 bridgehead atoms. The quantitative estimate of drug-likeness (QED) is 0.869. The molecule has 2 rings (SSSR count). The SMILES string of the molecule is CNc1cc(C(F)(F)F)cnc1N1CCC(OC(C)=O)CC1. The molecule has 0 radical (unpaired) electrons. The molecule has 1 fully saturated rings. The highest BCUT2D eigenvalue weighted by Crippen LogP contribution is 2.34. The summed E-state index contributed by atoms with van der Waals surface area (Å²) >= 11 is 0. The Labute approximate surface area is 126 Å². The average Bonchev–Trinajstić information content (AvgIpc) is 2.46. The summed E-state index contributed by atoms with van der Waals surface area (Å²) in [5.41, 5.74) is -0.448. The van der Waals surface area contributed by atoms with Crippen molar-refractivity contribution in [2.45, 2.75) is 32.0 Å². The maximum Gasteiger partial charge on any atom is 0.417 e. The van der Waals surface area contributed by atoms with Gasteiger partial charge in [-0.2, -0.15) is 13.2 Å². The van der Waals surface area contributed by atoms with Gasteiger partial charge < -0.3 is 15.0 Å². The first-order chi connectivity index (χ1) is 10.3. The summed E-state index contributed by atoms with van der Waals surface area (Å²) in [6, 6.07) is 1.06. The van der Waals surface area contributed by atoms with Crippen molar-refractivity contribution in [2.75, 3.05) is 30.4 Å². The summed E-state index contributed by atoms with van der Waals surface area (Å²) in [6.45, 7) is 2.51. The summed E-state index contributed by atoms with van der Waals surface area (Å²) < 4.78 is 43.3. The number of pyridine rings is 1. The van der Waals surface area contributed by atoms with E-state index in [1.807, 2.05) is 4.90 Å². The fourth-order valence-corrected chi connectivity index (χ4v) is 2.47. The number of nitrogens with zero attached hydrogens (tertiary/aromatic N) is 2. The predicted molar refractivity (Wildman–Crippen MR) is 75.8 cm³/mol. The molecule has 22 heavy (non-hydrogen) atoms. The van der Waals surface area contributed by atoms with Crippen LogP contribution >= 0.6 is 0 Å². The van der Waals surface area contributed by atoms with Crippen LogP contribution in [0.5, 0.6) is 0 Å². The first kappa shape index (κ1) is 16.4. The number of carbonyl (C=O) groups is 1. The zero-order chi connectivity index (χ0) is 16.3. The third-order valence-corrected chi connectivity index (χ3v) is 3.54. The summed E-state index contributed by atoms with van der Waals surface area (Å²) in [6.07, 6.45) is -2.45. The molecule has 122 valence electrons. The van der Waals surface area contributed by atoms with E-state index in [1.54, 1.807) is 7.05 Å². The van der Waals surface area contributed by atoms with E-state index in [0.717, 1.165) is 12.3 Å². The molecule has 1 aromatic rings. The van der Waals surface area contributed by atoms with E-state index < -0.39 is 11.7 Å². The van der Waals surface area contributed by atoms with Gasteiger partial charge in [-0.3, -0.25) is 4.79 Å². The van der Waals surface area contributed by atoms with Gasteiger partial charge in [0.15, 0.2) is 5.82 Å². The van der Waals surface area contributed by atoms with Gasteiger partial charge in [-0.15, -0.1) is 0 Å². The van der Waals surface area contributed by atoms with Crippen molar-refractivity contribution in [3.05, 3.63) is 17.8 Å². The van der Waals surface area contributed by atoms with Gasteiger partial charge in [-0.05, 0) is 6.07 Å². The molecule has 1 saturated heterocycles. The first-order valence-corrected chi connectivity index (χ1v) is 6.98. The zero-order valence-corrected chi connectivity index (χ0v) is 12.4. The van der Waals surface area contributed by atoms with E-state index >= 15 is 0 Å². The minimum Gasteiger partial charge on any atom is -0.462 e. The summed E-state index contributed by atoms with van der Waals surface area (Å²) in [5, 5.41) is 2.76. The predicted octanol–water partition coefficient (Wildman–Crippen LogP) is 2.67. The van der Waals surface area contributed by atoms with Gasteiger partial charge in [0.25, 0.3) is 0 Å². The minimum atomic E-state index is -4.42. The van der Waals surface area contributed by atoms with Crippen molar-refractivity contribution in [2.24, 2.45) is 0 Å². The molecule has 1 N–H and O–H groups in total. The number of halogens is 3. The number of hydrogen-bond acceptors (Lipinski definition) is 5. The first-order valence-electron chi connectivity index (χ1n) is 6.98. The summed E-state index contributed by atoms with van der Waals surface area (Å²) in [4.78, 5) is 16.8. The number of esters is 1. The Kier molecular flexibility index (Phi) is 4.77. The summed E-state index contributed by atoms with van der Waals surface area (Å²) in [5.74, 6) is 0.166. The number of piperidine rings is 1. The molecule has 0 aromatic carbocycles. The van der Waals surface area contributed by atoms with Gasteiger partial charge >= 0.3 is 12.1 Å². The fraction of sp³-hybridized carbons (Fsp3) is 0.571. The maximum atomic E-state index is 12.7. The van der Waals surface area contributed by atoms with Crippen LogP contribution in [-0.2, 0) is 15.7 Å². The molecule has 0 saturated carbocycles. The van der Waals surface area contributed by atoms with Crippen LogP contribution in [0.1, 0.15) is 25.3 Å². The minimum absolute atomic E-state index is 0.138.